The molecule has 0 spiro atoms. The van der Waals surface area contributed by atoms with Crippen LogP contribution in [0.15, 0.2) is 30.4 Å². The van der Waals surface area contributed by atoms with Crippen molar-refractivity contribution < 1.29 is 19.4 Å². The van der Waals surface area contributed by atoms with Gasteiger partial charge in [-0.15, -0.1) is 0 Å². The number of aliphatic carboxylic acids is 1. The first kappa shape index (κ1) is 14.1. The number of carboxylic acids is 1. The lowest BCUT2D eigenvalue weighted by atomic mass is 10.1. The molecule has 1 unspecified atom stereocenters. The minimum absolute atomic E-state index is 0.339. The number of fused-ring (bicyclic) bond motifs is 1. The second-order valence-corrected chi connectivity index (χ2v) is 5.06. The summed E-state index contributed by atoms with van der Waals surface area (Å²) >= 11 is 0. The fraction of sp³-hybridized carbons (Fsp3) is 0.333. The second-order valence-electron chi connectivity index (χ2n) is 5.06. The number of ether oxygens (including phenoxy) is 1. The number of carboxylic acid groups (broad SMARTS) is 1. The van der Waals surface area contributed by atoms with Crippen molar-refractivity contribution in [1.82, 2.24) is 0 Å². The molecule has 0 saturated heterocycles. The van der Waals surface area contributed by atoms with Gasteiger partial charge in [0.2, 0.25) is 0 Å². The average molecular weight is 275 g/mol. The van der Waals surface area contributed by atoms with Gasteiger partial charge in [0.15, 0.2) is 6.10 Å². The first-order chi connectivity index (χ1) is 9.38. The zero-order chi connectivity index (χ0) is 14.9. The van der Waals surface area contributed by atoms with E-state index in [1.807, 2.05) is 26.0 Å². The van der Waals surface area contributed by atoms with Crippen molar-refractivity contribution in [3.8, 4) is 5.75 Å². The Morgan fingerprint density at radius 2 is 2.20 bits per heavy atom. The molecule has 0 aromatic heterocycles. The van der Waals surface area contributed by atoms with E-state index in [1.54, 1.807) is 11.0 Å². The van der Waals surface area contributed by atoms with Gasteiger partial charge in [-0.3, -0.25) is 9.59 Å². The Labute approximate surface area is 117 Å². The van der Waals surface area contributed by atoms with E-state index in [9.17, 15) is 9.59 Å². The van der Waals surface area contributed by atoms with Gasteiger partial charge >= 0.3 is 5.97 Å². The summed E-state index contributed by atoms with van der Waals surface area (Å²) in [5, 5.41) is 8.88. The number of nitrogens with zero attached hydrogens (tertiary/aromatic N) is 1. The summed E-state index contributed by atoms with van der Waals surface area (Å²) in [6, 6.07) is 5.48. The highest BCUT2D eigenvalue weighted by Crippen LogP contribution is 2.35. The Balaban J connectivity index is 2.41. The van der Waals surface area contributed by atoms with Crippen LogP contribution in [0.1, 0.15) is 18.9 Å². The van der Waals surface area contributed by atoms with Gasteiger partial charge in [-0.1, -0.05) is 18.2 Å². The number of rotatable bonds is 4. The topological polar surface area (TPSA) is 66.8 Å². The molecule has 1 aliphatic rings. The van der Waals surface area contributed by atoms with E-state index >= 15 is 0 Å². The minimum Gasteiger partial charge on any atom is -0.481 e. The molecule has 1 N–H and O–H groups in total. The highest BCUT2D eigenvalue weighted by atomic mass is 16.5. The number of carbonyl (C=O) groups excluding carboxylic acids is 1. The summed E-state index contributed by atoms with van der Waals surface area (Å²) in [6.45, 7) is 7.92. The van der Waals surface area contributed by atoms with E-state index in [1.165, 1.54) is 0 Å². The molecule has 0 saturated carbocycles. The van der Waals surface area contributed by atoms with Crippen molar-refractivity contribution in [2.75, 3.05) is 11.4 Å². The molecule has 0 radical (unpaired) electrons. The highest BCUT2D eigenvalue weighted by molar-refractivity contribution is 6.01. The van der Waals surface area contributed by atoms with Crippen molar-refractivity contribution in [1.29, 1.82) is 0 Å². The molecule has 0 bridgehead atoms. The van der Waals surface area contributed by atoms with Gasteiger partial charge in [-0.25, -0.2) is 0 Å². The number of hydrogen-bond acceptors (Lipinski definition) is 3. The highest BCUT2D eigenvalue weighted by Gasteiger charge is 2.35. The fourth-order valence-corrected chi connectivity index (χ4v) is 2.15. The van der Waals surface area contributed by atoms with Crippen LogP contribution in [-0.4, -0.2) is 29.6 Å². The monoisotopic (exact) mass is 275 g/mol. The molecule has 1 amide bonds. The number of carbonyl (C=O) groups is 2. The Kier molecular flexibility index (Phi) is 3.79. The lowest BCUT2D eigenvalue weighted by Crippen LogP contribution is -2.47. The Hall–Kier alpha value is -2.30. The third kappa shape index (κ3) is 2.82. The second kappa shape index (κ2) is 5.36. The molecular formula is C15H17NO4. The van der Waals surface area contributed by atoms with Gasteiger partial charge in [0.05, 0.1) is 12.1 Å². The molecule has 5 heteroatoms. The van der Waals surface area contributed by atoms with Gasteiger partial charge in [-0.05, 0) is 31.5 Å². The maximum atomic E-state index is 12.4. The molecule has 1 heterocycles. The van der Waals surface area contributed by atoms with Gasteiger partial charge in [0, 0.05) is 6.54 Å². The van der Waals surface area contributed by atoms with E-state index in [0.717, 1.165) is 11.1 Å². The predicted molar refractivity (Wildman–Crippen MR) is 75.0 cm³/mol. The number of anilines is 1. The van der Waals surface area contributed by atoms with Crippen LogP contribution >= 0.6 is 0 Å². The summed E-state index contributed by atoms with van der Waals surface area (Å²) < 4.78 is 5.52. The number of hydrogen-bond donors (Lipinski definition) is 1. The third-order valence-electron chi connectivity index (χ3n) is 3.00. The maximum absolute atomic E-state index is 12.4. The maximum Gasteiger partial charge on any atom is 0.307 e. The molecule has 1 aromatic rings. The summed E-state index contributed by atoms with van der Waals surface area (Å²) in [5.74, 6) is -0.870. The molecular weight excluding hydrogens is 258 g/mol. The first-order valence-corrected chi connectivity index (χ1v) is 6.33. The molecule has 0 aliphatic carbocycles. The Morgan fingerprint density at radius 1 is 1.50 bits per heavy atom. The summed E-state index contributed by atoms with van der Waals surface area (Å²) in [6.07, 6.45) is -1.33. The minimum atomic E-state index is -1.06. The van der Waals surface area contributed by atoms with E-state index < -0.39 is 12.1 Å². The largest absolute Gasteiger partial charge is 0.481 e. The molecule has 1 atom stereocenters. The zero-order valence-electron chi connectivity index (χ0n) is 11.5. The van der Waals surface area contributed by atoms with Gasteiger partial charge in [-0.2, -0.15) is 0 Å². The lowest BCUT2D eigenvalue weighted by molar-refractivity contribution is -0.142. The molecule has 0 fully saturated rings. The zero-order valence-corrected chi connectivity index (χ0v) is 11.5. The van der Waals surface area contributed by atoms with Crippen LogP contribution < -0.4 is 9.64 Å². The molecule has 20 heavy (non-hydrogen) atoms. The summed E-state index contributed by atoms with van der Waals surface area (Å²) in [4.78, 5) is 24.8. The van der Waals surface area contributed by atoms with Crippen molar-refractivity contribution in [3.63, 3.8) is 0 Å². The molecule has 2 rings (SSSR count). The van der Waals surface area contributed by atoms with E-state index in [-0.39, 0.29) is 12.3 Å². The van der Waals surface area contributed by atoms with Crippen molar-refractivity contribution in [3.05, 3.63) is 35.9 Å². The first-order valence-electron chi connectivity index (χ1n) is 6.33. The fourth-order valence-electron chi connectivity index (χ4n) is 2.15. The number of benzene rings is 1. The number of aryl methyl sites for hydroxylation is 1. The van der Waals surface area contributed by atoms with E-state index in [4.69, 9.17) is 9.84 Å². The van der Waals surface area contributed by atoms with Crippen LogP contribution in [0.4, 0.5) is 5.69 Å². The number of amides is 1. The molecule has 106 valence electrons. The van der Waals surface area contributed by atoms with Gasteiger partial charge in [0.25, 0.3) is 5.91 Å². The Morgan fingerprint density at radius 3 is 2.80 bits per heavy atom. The van der Waals surface area contributed by atoms with Crippen LogP contribution in [0.25, 0.3) is 0 Å². The molecule has 1 aliphatic heterocycles. The third-order valence-corrected chi connectivity index (χ3v) is 3.00. The van der Waals surface area contributed by atoms with Gasteiger partial charge < -0.3 is 14.7 Å². The normalized spacial score (nSPS) is 17.4. The van der Waals surface area contributed by atoms with E-state index in [0.29, 0.717) is 18.0 Å². The Bertz CT molecular complexity index is 579. The van der Waals surface area contributed by atoms with Crippen LogP contribution in [0.5, 0.6) is 5.75 Å². The van der Waals surface area contributed by atoms with Crippen LogP contribution in [0.3, 0.4) is 0 Å². The van der Waals surface area contributed by atoms with E-state index in [2.05, 4.69) is 6.58 Å². The predicted octanol–water partition coefficient (Wildman–Crippen LogP) is 2.14. The van der Waals surface area contributed by atoms with Crippen molar-refractivity contribution in [2.45, 2.75) is 26.4 Å². The van der Waals surface area contributed by atoms with Crippen LogP contribution in [0, 0.1) is 6.92 Å². The van der Waals surface area contributed by atoms with Crippen molar-refractivity contribution in [2.24, 2.45) is 0 Å². The quantitative estimate of drug-likeness (QED) is 0.855. The SMILES string of the molecule is C=C(C)CN1C(=O)C(CC(=O)O)Oc2ccc(C)cc21. The molecule has 5 nitrogen and oxygen atoms in total. The van der Waals surface area contributed by atoms with Gasteiger partial charge in [0.1, 0.15) is 5.75 Å². The molecule has 1 aromatic carbocycles. The van der Waals surface area contributed by atoms with Crippen LogP contribution in [0.2, 0.25) is 0 Å². The smallest absolute Gasteiger partial charge is 0.307 e. The lowest BCUT2D eigenvalue weighted by Gasteiger charge is -2.34. The average Bonchev–Trinajstić information content (AvgIpc) is 2.34. The summed E-state index contributed by atoms with van der Waals surface area (Å²) in [7, 11) is 0. The summed E-state index contributed by atoms with van der Waals surface area (Å²) in [5.41, 5.74) is 2.49. The van der Waals surface area contributed by atoms with Crippen LogP contribution in [-0.2, 0) is 9.59 Å². The standard InChI is InChI=1S/C15H17NO4/c1-9(2)8-16-11-6-10(3)4-5-12(11)20-13(15(16)19)7-14(17)18/h4-6,13H,1,7-8H2,2-3H3,(H,17,18). The van der Waals surface area contributed by atoms with Crippen molar-refractivity contribution >= 4 is 17.6 Å².